The number of likely N-dealkylation sites (tertiary alicyclic amines) is 1. The van der Waals surface area contributed by atoms with E-state index in [0.717, 1.165) is 19.5 Å². The molecule has 1 aliphatic rings. The first-order valence-corrected chi connectivity index (χ1v) is 6.82. The minimum atomic E-state index is -0.765. The summed E-state index contributed by atoms with van der Waals surface area (Å²) in [6, 6.07) is 2.20. The van der Waals surface area contributed by atoms with Crippen molar-refractivity contribution in [3.05, 3.63) is 0 Å². The molecule has 1 heterocycles. The fourth-order valence-corrected chi connectivity index (χ4v) is 2.26. The van der Waals surface area contributed by atoms with Crippen molar-refractivity contribution in [1.82, 2.24) is 10.2 Å². The summed E-state index contributed by atoms with van der Waals surface area (Å²) < 4.78 is 0. The summed E-state index contributed by atoms with van der Waals surface area (Å²) in [5.41, 5.74) is -0.765. The van der Waals surface area contributed by atoms with E-state index in [0.29, 0.717) is 12.5 Å². The number of piperidine rings is 1. The molecule has 1 amide bonds. The van der Waals surface area contributed by atoms with Gasteiger partial charge in [-0.25, -0.2) is 0 Å². The van der Waals surface area contributed by atoms with Crippen molar-refractivity contribution in [3.63, 3.8) is 0 Å². The zero-order valence-corrected chi connectivity index (χ0v) is 12.0. The highest BCUT2D eigenvalue weighted by Gasteiger charge is 2.30. The monoisotopic (exact) mass is 251 g/mol. The molecule has 4 heteroatoms. The Hall–Kier alpha value is -1.08. The average Bonchev–Trinajstić information content (AvgIpc) is 2.28. The fourth-order valence-electron chi connectivity index (χ4n) is 2.26. The Morgan fingerprint density at radius 1 is 1.61 bits per heavy atom. The van der Waals surface area contributed by atoms with Crippen molar-refractivity contribution < 1.29 is 4.79 Å². The van der Waals surface area contributed by atoms with Crippen LogP contribution in [0.2, 0.25) is 0 Å². The van der Waals surface area contributed by atoms with Gasteiger partial charge in [0.2, 0.25) is 5.91 Å². The number of amides is 1. The summed E-state index contributed by atoms with van der Waals surface area (Å²) in [7, 11) is 0. The van der Waals surface area contributed by atoms with Gasteiger partial charge in [-0.1, -0.05) is 20.8 Å². The first kappa shape index (κ1) is 15.0. The molecule has 0 radical (unpaired) electrons. The number of carbonyl (C=O) groups is 1. The van der Waals surface area contributed by atoms with Crippen molar-refractivity contribution >= 4 is 5.91 Å². The highest BCUT2D eigenvalue weighted by atomic mass is 16.2. The normalized spacial score (nSPS) is 24.3. The van der Waals surface area contributed by atoms with Gasteiger partial charge >= 0.3 is 0 Å². The van der Waals surface area contributed by atoms with E-state index in [1.54, 1.807) is 6.92 Å². The van der Waals surface area contributed by atoms with Gasteiger partial charge in [-0.15, -0.1) is 0 Å². The van der Waals surface area contributed by atoms with E-state index < -0.39 is 5.54 Å². The van der Waals surface area contributed by atoms with E-state index in [1.165, 1.54) is 6.42 Å². The molecular weight excluding hydrogens is 226 g/mol. The standard InChI is InChI=1S/C14H25N3O/c1-11(2)14(4,10-15)16-13(18)9-17-7-5-6-12(3)8-17/h11-12H,5-9H2,1-4H3,(H,16,18)/t12-,14+/m1/s1. The number of nitrogens with one attached hydrogen (secondary N) is 1. The highest BCUT2D eigenvalue weighted by molar-refractivity contribution is 5.79. The molecular formula is C14H25N3O. The zero-order chi connectivity index (χ0) is 13.8. The average molecular weight is 251 g/mol. The lowest BCUT2D eigenvalue weighted by atomic mass is 9.90. The predicted molar refractivity (Wildman–Crippen MR) is 71.8 cm³/mol. The number of carbonyl (C=O) groups excluding carboxylic acids is 1. The lowest BCUT2D eigenvalue weighted by molar-refractivity contribution is -0.124. The number of hydrogen-bond donors (Lipinski definition) is 1. The van der Waals surface area contributed by atoms with Crippen LogP contribution in [0.3, 0.4) is 0 Å². The van der Waals surface area contributed by atoms with Crippen LogP contribution in [0.1, 0.15) is 40.5 Å². The minimum absolute atomic E-state index is 0.0400. The molecule has 1 rings (SSSR count). The van der Waals surface area contributed by atoms with Crippen LogP contribution in [0.4, 0.5) is 0 Å². The lowest BCUT2D eigenvalue weighted by Crippen LogP contribution is -2.52. The second-order valence-corrected chi connectivity index (χ2v) is 6.00. The van der Waals surface area contributed by atoms with Crippen LogP contribution < -0.4 is 5.32 Å². The van der Waals surface area contributed by atoms with Gasteiger partial charge in [0.15, 0.2) is 0 Å². The van der Waals surface area contributed by atoms with E-state index in [1.807, 2.05) is 13.8 Å². The van der Waals surface area contributed by atoms with E-state index in [2.05, 4.69) is 23.2 Å². The molecule has 0 saturated carbocycles. The number of nitriles is 1. The number of rotatable bonds is 4. The summed E-state index contributed by atoms with van der Waals surface area (Å²) in [5, 5.41) is 12.0. The maximum atomic E-state index is 12.0. The Kier molecular flexibility index (Phi) is 5.15. The second-order valence-electron chi connectivity index (χ2n) is 6.00. The summed E-state index contributed by atoms with van der Waals surface area (Å²) in [6.07, 6.45) is 2.41. The van der Waals surface area contributed by atoms with Crippen LogP contribution in [0, 0.1) is 23.2 Å². The van der Waals surface area contributed by atoms with Gasteiger partial charge in [-0.3, -0.25) is 9.69 Å². The third kappa shape index (κ3) is 3.99. The van der Waals surface area contributed by atoms with Gasteiger partial charge in [0, 0.05) is 6.54 Å². The van der Waals surface area contributed by atoms with E-state index >= 15 is 0 Å². The van der Waals surface area contributed by atoms with Gasteiger partial charge in [-0.2, -0.15) is 5.26 Å². The van der Waals surface area contributed by atoms with Crippen LogP contribution >= 0.6 is 0 Å². The van der Waals surface area contributed by atoms with Gasteiger partial charge in [0.1, 0.15) is 5.54 Å². The third-order valence-electron chi connectivity index (χ3n) is 3.89. The molecule has 0 spiro atoms. The molecule has 18 heavy (non-hydrogen) atoms. The molecule has 2 atom stereocenters. The lowest BCUT2D eigenvalue weighted by Gasteiger charge is -2.32. The zero-order valence-electron chi connectivity index (χ0n) is 12.0. The number of nitrogens with zero attached hydrogens (tertiary/aromatic N) is 2. The summed E-state index contributed by atoms with van der Waals surface area (Å²) >= 11 is 0. The highest BCUT2D eigenvalue weighted by Crippen LogP contribution is 2.17. The SMILES string of the molecule is CC(C)[C@](C)(C#N)NC(=O)CN1CCC[C@@H](C)C1. The molecule has 4 nitrogen and oxygen atoms in total. The summed E-state index contributed by atoms with van der Waals surface area (Å²) in [5.74, 6) is 0.729. The molecule has 1 saturated heterocycles. The molecule has 1 N–H and O–H groups in total. The molecule has 0 aromatic rings. The third-order valence-corrected chi connectivity index (χ3v) is 3.89. The van der Waals surface area contributed by atoms with E-state index in [4.69, 9.17) is 0 Å². The molecule has 0 aliphatic carbocycles. The van der Waals surface area contributed by atoms with Crippen molar-refractivity contribution in [2.45, 2.75) is 46.1 Å². The Morgan fingerprint density at radius 3 is 2.78 bits per heavy atom. The number of hydrogen-bond acceptors (Lipinski definition) is 3. The van der Waals surface area contributed by atoms with E-state index in [-0.39, 0.29) is 11.8 Å². The summed E-state index contributed by atoms with van der Waals surface area (Å²) in [4.78, 5) is 14.2. The van der Waals surface area contributed by atoms with E-state index in [9.17, 15) is 10.1 Å². The smallest absolute Gasteiger partial charge is 0.235 e. The maximum Gasteiger partial charge on any atom is 0.235 e. The molecule has 0 aromatic heterocycles. The van der Waals surface area contributed by atoms with Gasteiger partial charge in [-0.05, 0) is 38.1 Å². The molecule has 1 fully saturated rings. The minimum Gasteiger partial charge on any atom is -0.337 e. The van der Waals surface area contributed by atoms with Crippen molar-refractivity contribution in [2.75, 3.05) is 19.6 Å². The van der Waals surface area contributed by atoms with Crippen LogP contribution in [-0.4, -0.2) is 36.0 Å². The largest absolute Gasteiger partial charge is 0.337 e. The van der Waals surface area contributed by atoms with Crippen molar-refractivity contribution in [3.8, 4) is 6.07 Å². The first-order valence-electron chi connectivity index (χ1n) is 6.82. The van der Waals surface area contributed by atoms with Crippen LogP contribution in [0.15, 0.2) is 0 Å². The quantitative estimate of drug-likeness (QED) is 0.828. The Morgan fingerprint density at radius 2 is 2.28 bits per heavy atom. The molecule has 0 unspecified atom stereocenters. The summed E-state index contributed by atoms with van der Waals surface area (Å²) in [6.45, 7) is 10.3. The van der Waals surface area contributed by atoms with Crippen LogP contribution in [0.25, 0.3) is 0 Å². The topological polar surface area (TPSA) is 56.1 Å². The Balaban J connectivity index is 2.48. The molecule has 0 aromatic carbocycles. The first-order chi connectivity index (χ1) is 8.37. The predicted octanol–water partition coefficient (Wildman–Crippen LogP) is 1.77. The van der Waals surface area contributed by atoms with Gasteiger partial charge in [0.05, 0.1) is 12.6 Å². The van der Waals surface area contributed by atoms with Crippen LogP contribution in [0.5, 0.6) is 0 Å². The Bertz CT molecular complexity index is 334. The van der Waals surface area contributed by atoms with Crippen molar-refractivity contribution in [2.24, 2.45) is 11.8 Å². The van der Waals surface area contributed by atoms with Gasteiger partial charge < -0.3 is 5.32 Å². The fraction of sp³-hybridized carbons (Fsp3) is 0.857. The molecule has 1 aliphatic heterocycles. The second kappa shape index (κ2) is 6.19. The van der Waals surface area contributed by atoms with Gasteiger partial charge in [0.25, 0.3) is 0 Å². The molecule has 102 valence electrons. The maximum absolute atomic E-state index is 12.0. The van der Waals surface area contributed by atoms with Crippen LogP contribution in [-0.2, 0) is 4.79 Å². The van der Waals surface area contributed by atoms with Crippen molar-refractivity contribution in [1.29, 1.82) is 5.26 Å². The Labute approximate surface area is 110 Å². The molecule has 0 bridgehead atoms.